The van der Waals surface area contributed by atoms with Crippen LogP contribution in [0.3, 0.4) is 0 Å². The number of carbonyl (C=O) groups is 1. The zero-order chi connectivity index (χ0) is 28.7. The van der Waals surface area contributed by atoms with E-state index in [0.29, 0.717) is 37.5 Å². The zero-order valence-electron chi connectivity index (χ0n) is 21.5. The predicted molar refractivity (Wildman–Crippen MR) is 149 cm³/mol. The monoisotopic (exact) mass is 601 g/mol. The van der Waals surface area contributed by atoms with Crippen LogP contribution in [0.4, 0.5) is 34.1 Å². The third-order valence-electron chi connectivity index (χ3n) is 7.14. The summed E-state index contributed by atoms with van der Waals surface area (Å²) in [5.41, 5.74) is 1.41. The van der Waals surface area contributed by atoms with Crippen molar-refractivity contribution >= 4 is 43.8 Å². The highest BCUT2D eigenvalue weighted by atomic mass is 32.2. The lowest BCUT2D eigenvalue weighted by Crippen LogP contribution is -2.55. The van der Waals surface area contributed by atoms with E-state index in [4.69, 9.17) is 0 Å². The molecule has 0 spiro atoms. The van der Waals surface area contributed by atoms with Crippen LogP contribution in [0.5, 0.6) is 0 Å². The fraction of sp³-hybridized carbons (Fsp3) is 0.385. The van der Waals surface area contributed by atoms with Gasteiger partial charge >= 0.3 is 6.18 Å². The Bertz CT molecular complexity index is 1500. The fourth-order valence-electron chi connectivity index (χ4n) is 5.04. The minimum atomic E-state index is -4.66. The van der Waals surface area contributed by atoms with Crippen LogP contribution in [-0.4, -0.2) is 63.0 Å². The summed E-state index contributed by atoms with van der Waals surface area (Å²) < 4.78 is 79.4. The summed E-state index contributed by atoms with van der Waals surface area (Å²) in [6.07, 6.45) is -3.03. The van der Waals surface area contributed by atoms with Gasteiger partial charge in [0.1, 0.15) is 11.9 Å². The molecule has 3 heterocycles. The number of rotatable bonds is 6. The van der Waals surface area contributed by atoms with Gasteiger partial charge in [-0.05, 0) is 67.8 Å². The number of alkyl halides is 3. The van der Waals surface area contributed by atoms with E-state index in [9.17, 15) is 30.8 Å². The molecular formula is C26H31F4N5O3S2. The molecule has 2 aliphatic rings. The Morgan fingerprint density at radius 1 is 1.07 bits per heavy atom. The van der Waals surface area contributed by atoms with Crippen molar-refractivity contribution in [2.75, 3.05) is 47.2 Å². The minimum Gasteiger partial charge on any atom is -0.368 e. The lowest BCUT2D eigenvalue weighted by molar-refractivity contribution is -0.140. The molecule has 1 saturated heterocycles. The van der Waals surface area contributed by atoms with Crippen LogP contribution >= 0.6 is 11.3 Å². The zero-order valence-corrected chi connectivity index (χ0v) is 23.1. The van der Waals surface area contributed by atoms with Gasteiger partial charge in [-0.25, -0.2) is 17.8 Å². The Balaban J connectivity index is 0.00000242. The number of hydrogen-bond donors (Lipinski definition) is 1. The molecule has 8 nitrogen and oxygen atoms in total. The van der Waals surface area contributed by atoms with Crippen LogP contribution in [0, 0.1) is 5.82 Å². The van der Waals surface area contributed by atoms with Crippen molar-refractivity contribution in [3.05, 3.63) is 64.9 Å². The number of thiazole rings is 1. The summed E-state index contributed by atoms with van der Waals surface area (Å²) in [6, 6.07) is 10.3. The Hall–Kier alpha value is -3.39. The van der Waals surface area contributed by atoms with Crippen molar-refractivity contribution in [1.82, 2.24) is 9.88 Å². The van der Waals surface area contributed by atoms with Gasteiger partial charge < -0.3 is 14.7 Å². The van der Waals surface area contributed by atoms with Crippen molar-refractivity contribution in [3.8, 4) is 0 Å². The van der Waals surface area contributed by atoms with Gasteiger partial charge in [0.2, 0.25) is 5.91 Å². The SMILES string of the molecule is C[C@@H](C(=O)N1CCN(c2ccc(S(=O)(=O)Nc3nc(C(F)(F)F)cs3)cc2)CC1)N1CCCc2cc(F)ccc21.[HH].[HH]. The fourth-order valence-corrected chi connectivity index (χ4v) is 7.01. The van der Waals surface area contributed by atoms with E-state index in [2.05, 4.69) is 9.71 Å². The van der Waals surface area contributed by atoms with E-state index in [-0.39, 0.29) is 24.6 Å². The highest BCUT2D eigenvalue weighted by Gasteiger charge is 2.34. The van der Waals surface area contributed by atoms with Gasteiger partial charge in [0.05, 0.1) is 4.90 Å². The van der Waals surface area contributed by atoms with Gasteiger partial charge in [0, 0.05) is 52.3 Å². The molecule has 1 aromatic heterocycles. The molecule has 0 bridgehead atoms. The van der Waals surface area contributed by atoms with E-state index in [1.807, 2.05) is 21.6 Å². The molecule has 1 fully saturated rings. The molecule has 0 aliphatic carbocycles. The number of benzene rings is 2. The molecule has 2 aromatic carbocycles. The van der Waals surface area contributed by atoms with E-state index in [1.165, 1.54) is 24.3 Å². The second-order valence-corrected chi connectivity index (χ2v) is 12.2. The summed E-state index contributed by atoms with van der Waals surface area (Å²) >= 11 is 0.555. The molecule has 1 N–H and O–H groups in total. The van der Waals surface area contributed by atoms with E-state index in [0.717, 1.165) is 41.7 Å². The predicted octanol–water partition coefficient (Wildman–Crippen LogP) is 5.08. The molecule has 14 heteroatoms. The number of fused-ring (bicyclic) bond motifs is 1. The number of aromatic nitrogens is 1. The number of hydrogen-bond acceptors (Lipinski definition) is 7. The van der Waals surface area contributed by atoms with Gasteiger partial charge in [0.25, 0.3) is 10.0 Å². The first-order valence-electron chi connectivity index (χ1n) is 12.7. The quantitative estimate of drug-likeness (QED) is 0.397. The molecular weight excluding hydrogens is 570 g/mol. The Kier molecular flexibility index (Phi) is 7.66. The second-order valence-electron chi connectivity index (χ2n) is 9.69. The molecule has 40 heavy (non-hydrogen) atoms. The molecule has 0 radical (unpaired) electrons. The van der Waals surface area contributed by atoms with E-state index < -0.39 is 27.9 Å². The minimum absolute atomic E-state index is 0. The lowest BCUT2D eigenvalue weighted by Gasteiger charge is -2.41. The number of anilines is 3. The number of carbonyl (C=O) groups excluding carboxylic acids is 1. The first-order valence-corrected chi connectivity index (χ1v) is 15.0. The molecule has 5 rings (SSSR count). The summed E-state index contributed by atoms with van der Waals surface area (Å²) in [5, 5.41) is 0.380. The Labute approximate surface area is 236 Å². The number of nitrogens with one attached hydrogen (secondary N) is 1. The number of aryl methyl sites for hydroxylation is 1. The van der Waals surface area contributed by atoms with E-state index in [1.54, 1.807) is 18.2 Å². The maximum absolute atomic E-state index is 13.7. The Morgan fingerprint density at radius 3 is 2.42 bits per heavy atom. The van der Waals surface area contributed by atoms with Crippen LogP contribution in [0.1, 0.15) is 27.5 Å². The van der Waals surface area contributed by atoms with Crippen LogP contribution < -0.4 is 14.5 Å². The molecule has 218 valence electrons. The molecule has 1 amide bonds. The average Bonchev–Trinajstić information content (AvgIpc) is 3.40. The van der Waals surface area contributed by atoms with Crippen molar-refractivity contribution in [2.24, 2.45) is 0 Å². The van der Waals surface area contributed by atoms with Crippen LogP contribution in [0.2, 0.25) is 0 Å². The summed E-state index contributed by atoms with van der Waals surface area (Å²) in [6.45, 7) is 4.66. The third kappa shape index (κ3) is 5.87. The second kappa shape index (κ2) is 10.9. The molecule has 3 aromatic rings. The first kappa shape index (κ1) is 28.1. The smallest absolute Gasteiger partial charge is 0.368 e. The maximum Gasteiger partial charge on any atom is 0.434 e. The van der Waals surface area contributed by atoms with Crippen molar-refractivity contribution in [1.29, 1.82) is 0 Å². The van der Waals surface area contributed by atoms with Crippen LogP contribution in [0.15, 0.2) is 52.7 Å². The van der Waals surface area contributed by atoms with Gasteiger partial charge in [-0.1, -0.05) is 0 Å². The number of nitrogens with zero attached hydrogens (tertiary/aromatic N) is 4. The lowest BCUT2D eigenvalue weighted by atomic mass is 9.99. The highest BCUT2D eigenvalue weighted by Crippen LogP contribution is 2.33. The van der Waals surface area contributed by atoms with Gasteiger partial charge in [-0.15, -0.1) is 11.3 Å². The molecule has 0 unspecified atom stereocenters. The maximum atomic E-state index is 13.7. The summed E-state index contributed by atoms with van der Waals surface area (Å²) in [5.74, 6) is -0.281. The standard InChI is InChI=1S/C26H27F4N5O3S2.2H2/c1-17(35-10-2-3-18-15-19(27)4-9-22(18)35)24(36)34-13-11-33(12-14-34)20-5-7-21(8-6-20)40(37,38)32-25-31-23(16-39-25)26(28,29)30;;/h4-9,15-17H,2-3,10-14H2,1H3,(H,31,32);2*1H/t17-;;/m0../s1. The van der Waals surface area contributed by atoms with Gasteiger partial charge in [-0.3, -0.25) is 9.52 Å². The number of amides is 1. The Morgan fingerprint density at radius 2 is 1.77 bits per heavy atom. The normalized spacial score (nSPS) is 17.0. The first-order chi connectivity index (χ1) is 18.9. The molecule has 2 aliphatic heterocycles. The summed E-state index contributed by atoms with van der Waals surface area (Å²) in [7, 11) is -4.12. The van der Waals surface area contributed by atoms with Crippen LogP contribution in [-0.2, 0) is 27.4 Å². The average molecular weight is 602 g/mol. The van der Waals surface area contributed by atoms with E-state index >= 15 is 0 Å². The van der Waals surface area contributed by atoms with Gasteiger partial charge in [0.15, 0.2) is 10.8 Å². The van der Waals surface area contributed by atoms with Gasteiger partial charge in [-0.2, -0.15) is 13.2 Å². The van der Waals surface area contributed by atoms with Crippen molar-refractivity contribution in [2.45, 2.75) is 36.9 Å². The largest absolute Gasteiger partial charge is 0.434 e. The number of piperazine rings is 1. The van der Waals surface area contributed by atoms with Crippen molar-refractivity contribution < 1.29 is 33.6 Å². The topological polar surface area (TPSA) is 85.8 Å². The number of sulfonamides is 1. The molecule has 1 atom stereocenters. The van der Waals surface area contributed by atoms with Crippen molar-refractivity contribution in [3.63, 3.8) is 0 Å². The third-order valence-corrected chi connectivity index (χ3v) is 9.38. The van der Waals surface area contributed by atoms with Crippen LogP contribution in [0.25, 0.3) is 0 Å². The molecule has 0 saturated carbocycles. The highest BCUT2D eigenvalue weighted by molar-refractivity contribution is 7.93. The number of halogens is 4. The summed E-state index contributed by atoms with van der Waals surface area (Å²) in [4.78, 5) is 22.4.